The van der Waals surface area contributed by atoms with Crippen LogP contribution in [0.25, 0.3) is 0 Å². The minimum absolute atomic E-state index is 0.515. The summed E-state index contributed by atoms with van der Waals surface area (Å²) in [6.07, 6.45) is 5.67. The van der Waals surface area contributed by atoms with Gasteiger partial charge in [0, 0.05) is 13.1 Å². The molecule has 0 amide bonds. The van der Waals surface area contributed by atoms with E-state index in [9.17, 15) is 0 Å². The SMILES string of the molecule is Brc1cccc(CNCCOC2CCCC2)n1. The number of ether oxygens (including phenoxy) is 1. The highest BCUT2D eigenvalue weighted by molar-refractivity contribution is 9.10. The highest BCUT2D eigenvalue weighted by atomic mass is 79.9. The maximum Gasteiger partial charge on any atom is 0.106 e. The normalized spacial score (nSPS) is 16.5. The Bertz CT molecular complexity index is 340. The first kappa shape index (κ1) is 13.0. The van der Waals surface area contributed by atoms with Crippen LogP contribution in [0.15, 0.2) is 22.8 Å². The number of nitrogens with one attached hydrogen (secondary N) is 1. The smallest absolute Gasteiger partial charge is 0.106 e. The summed E-state index contributed by atoms with van der Waals surface area (Å²) in [6, 6.07) is 5.96. The van der Waals surface area contributed by atoms with Gasteiger partial charge in [-0.2, -0.15) is 0 Å². The molecule has 0 bridgehead atoms. The van der Waals surface area contributed by atoms with E-state index in [1.165, 1.54) is 25.7 Å². The van der Waals surface area contributed by atoms with Crippen molar-refractivity contribution in [2.24, 2.45) is 0 Å². The number of hydrogen-bond donors (Lipinski definition) is 1. The molecule has 4 heteroatoms. The molecule has 0 aromatic carbocycles. The van der Waals surface area contributed by atoms with Crippen LogP contribution in [0.3, 0.4) is 0 Å². The third kappa shape index (κ3) is 4.74. The number of nitrogens with zero attached hydrogens (tertiary/aromatic N) is 1. The van der Waals surface area contributed by atoms with Crippen molar-refractivity contribution in [3.63, 3.8) is 0 Å². The zero-order valence-electron chi connectivity index (χ0n) is 9.99. The molecule has 0 radical (unpaired) electrons. The van der Waals surface area contributed by atoms with E-state index < -0.39 is 0 Å². The lowest BCUT2D eigenvalue weighted by atomic mass is 10.3. The fraction of sp³-hybridized carbons (Fsp3) is 0.615. The van der Waals surface area contributed by atoms with Gasteiger partial charge in [-0.05, 0) is 40.9 Å². The van der Waals surface area contributed by atoms with Gasteiger partial charge in [0.05, 0.1) is 18.4 Å². The van der Waals surface area contributed by atoms with E-state index in [1.807, 2.05) is 18.2 Å². The van der Waals surface area contributed by atoms with Crippen molar-refractivity contribution in [2.45, 2.75) is 38.3 Å². The van der Waals surface area contributed by atoms with E-state index in [0.29, 0.717) is 6.10 Å². The number of halogens is 1. The van der Waals surface area contributed by atoms with Gasteiger partial charge in [-0.1, -0.05) is 18.9 Å². The van der Waals surface area contributed by atoms with Gasteiger partial charge in [-0.25, -0.2) is 4.98 Å². The van der Waals surface area contributed by atoms with Crippen LogP contribution in [-0.4, -0.2) is 24.2 Å². The molecule has 1 aliphatic rings. The molecule has 0 unspecified atom stereocenters. The Morgan fingerprint density at radius 2 is 2.18 bits per heavy atom. The van der Waals surface area contributed by atoms with Crippen LogP contribution in [0.1, 0.15) is 31.4 Å². The zero-order chi connectivity index (χ0) is 11.9. The molecule has 1 aromatic rings. The third-order valence-corrected chi connectivity index (χ3v) is 3.46. The van der Waals surface area contributed by atoms with Crippen molar-refractivity contribution >= 4 is 15.9 Å². The van der Waals surface area contributed by atoms with Crippen molar-refractivity contribution in [1.29, 1.82) is 0 Å². The first-order valence-electron chi connectivity index (χ1n) is 6.28. The van der Waals surface area contributed by atoms with Gasteiger partial charge in [0.15, 0.2) is 0 Å². The second-order valence-corrected chi connectivity index (χ2v) is 5.22. The highest BCUT2D eigenvalue weighted by Crippen LogP contribution is 2.20. The van der Waals surface area contributed by atoms with E-state index in [2.05, 4.69) is 26.2 Å². The minimum atomic E-state index is 0.515. The summed E-state index contributed by atoms with van der Waals surface area (Å²) in [7, 11) is 0. The summed E-state index contributed by atoms with van der Waals surface area (Å²) in [5.74, 6) is 0. The fourth-order valence-corrected chi connectivity index (χ4v) is 2.50. The summed E-state index contributed by atoms with van der Waals surface area (Å²) in [6.45, 7) is 2.50. The Balaban J connectivity index is 1.56. The monoisotopic (exact) mass is 298 g/mol. The summed E-state index contributed by atoms with van der Waals surface area (Å²) in [5.41, 5.74) is 1.06. The molecule has 94 valence electrons. The largest absolute Gasteiger partial charge is 0.377 e. The Labute approximate surface area is 111 Å². The minimum Gasteiger partial charge on any atom is -0.377 e. The van der Waals surface area contributed by atoms with Gasteiger partial charge < -0.3 is 10.1 Å². The molecule has 0 atom stereocenters. The molecule has 2 rings (SSSR count). The second-order valence-electron chi connectivity index (χ2n) is 4.41. The predicted molar refractivity (Wildman–Crippen MR) is 71.9 cm³/mol. The molecular weight excluding hydrogens is 280 g/mol. The number of hydrogen-bond acceptors (Lipinski definition) is 3. The number of rotatable bonds is 6. The zero-order valence-corrected chi connectivity index (χ0v) is 11.6. The number of aromatic nitrogens is 1. The predicted octanol–water partition coefficient (Wildman–Crippen LogP) is 2.89. The van der Waals surface area contributed by atoms with E-state index in [1.54, 1.807) is 0 Å². The Morgan fingerprint density at radius 1 is 1.35 bits per heavy atom. The molecule has 1 fully saturated rings. The van der Waals surface area contributed by atoms with E-state index in [-0.39, 0.29) is 0 Å². The van der Waals surface area contributed by atoms with Crippen molar-refractivity contribution in [2.75, 3.05) is 13.2 Å². The van der Waals surface area contributed by atoms with Crippen LogP contribution < -0.4 is 5.32 Å². The van der Waals surface area contributed by atoms with Crippen LogP contribution in [-0.2, 0) is 11.3 Å². The van der Waals surface area contributed by atoms with Crippen LogP contribution in [0.5, 0.6) is 0 Å². The molecule has 1 heterocycles. The first-order valence-corrected chi connectivity index (χ1v) is 7.07. The van der Waals surface area contributed by atoms with Crippen LogP contribution in [0, 0.1) is 0 Å². The summed E-state index contributed by atoms with van der Waals surface area (Å²) in [4.78, 5) is 4.36. The average molecular weight is 299 g/mol. The third-order valence-electron chi connectivity index (χ3n) is 3.01. The topological polar surface area (TPSA) is 34.1 Å². The summed E-state index contributed by atoms with van der Waals surface area (Å²) in [5, 5.41) is 3.34. The maximum absolute atomic E-state index is 5.77. The van der Waals surface area contributed by atoms with Gasteiger partial charge in [0.2, 0.25) is 0 Å². The lowest BCUT2D eigenvalue weighted by molar-refractivity contribution is 0.0602. The van der Waals surface area contributed by atoms with Gasteiger partial charge in [0.1, 0.15) is 4.60 Å². The van der Waals surface area contributed by atoms with Crippen molar-refractivity contribution in [1.82, 2.24) is 10.3 Å². The lowest BCUT2D eigenvalue weighted by Gasteiger charge is -2.11. The quantitative estimate of drug-likeness (QED) is 0.648. The first-order chi connectivity index (χ1) is 8.34. The Morgan fingerprint density at radius 3 is 2.94 bits per heavy atom. The standard InChI is InChI=1S/C13H19BrN2O/c14-13-7-3-4-11(16-13)10-15-8-9-17-12-5-1-2-6-12/h3-4,7,12,15H,1-2,5-6,8-10H2. The molecule has 1 aliphatic carbocycles. The van der Waals surface area contributed by atoms with E-state index in [4.69, 9.17) is 4.74 Å². The van der Waals surface area contributed by atoms with Crippen LogP contribution in [0.2, 0.25) is 0 Å². The molecule has 1 saturated carbocycles. The molecule has 0 spiro atoms. The van der Waals surface area contributed by atoms with Crippen molar-refractivity contribution in [3.05, 3.63) is 28.5 Å². The molecule has 3 nitrogen and oxygen atoms in total. The lowest BCUT2D eigenvalue weighted by Crippen LogP contribution is -2.22. The van der Waals surface area contributed by atoms with E-state index in [0.717, 1.165) is 30.0 Å². The molecule has 1 aromatic heterocycles. The van der Waals surface area contributed by atoms with Crippen LogP contribution in [0.4, 0.5) is 0 Å². The highest BCUT2D eigenvalue weighted by Gasteiger charge is 2.14. The van der Waals surface area contributed by atoms with Gasteiger partial charge >= 0.3 is 0 Å². The molecule has 0 saturated heterocycles. The van der Waals surface area contributed by atoms with Gasteiger partial charge in [-0.3, -0.25) is 0 Å². The molecule has 0 aliphatic heterocycles. The van der Waals surface area contributed by atoms with Crippen LogP contribution >= 0.6 is 15.9 Å². The van der Waals surface area contributed by atoms with Crippen molar-refractivity contribution in [3.8, 4) is 0 Å². The summed E-state index contributed by atoms with van der Waals surface area (Å²) >= 11 is 3.37. The van der Waals surface area contributed by atoms with Gasteiger partial charge in [-0.15, -0.1) is 0 Å². The van der Waals surface area contributed by atoms with E-state index >= 15 is 0 Å². The molecule has 1 N–H and O–H groups in total. The Kier molecular flexibility index (Phi) is 5.42. The van der Waals surface area contributed by atoms with Gasteiger partial charge in [0.25, 0.3) is 0 Å². The average Bonchev–Trinajstić information content (AvgIpc) is 2.82. The number of pyridine rings is 1. The van der Waals surface area contributed by atoms with Crippen molar-refractivity contribution < 1.29 is 4.74 Å². The fourth-order valence-electron chi connectivity index (χ4n) is 2.12. The summed E-state index contributed by atoms with van der Waals surface area (Å²) < 4.78 is 6.66. The Hall–Kier alpha value is -0.450. The molecular formula is C13H19BrN2O. The maximum atomic E-state index is 5.77. The molecule has 17 heavy (non-hydrogen) atoms. The second kappa shape index (κ2) is 7.09.